The number of carbonyl (C=O) groups is 1. The number of hydrogen-bond donors (Lipinski definition) is 2. The third-order valence-corrected chi connectivity index (χ3v) is 5.10. The first-order chi connectivity index (χ1) is 15.0. The highest BCUT2D eigenvalue weighted by Crippen LogP contribution is 2.33. The average molecular weight is 434 g/mol. The lowest BCUT2D eigenvalue weighted by Crippen LogP contribution is -2.21. The van der Waals surface area contributed by atoms with Crippen LogP contribution in [0.3, 0.4) is 0 Å². The zero-order valence-electron chi connectivity index (χ0n) is 16.8. The molecule has 31 heavy (non-hydrogen) atoms. The molecule has 0 spiro atoms. The summed E-state index contributed by atoms with van der Waals surface area (Å²) in [4.78, 5) is 10.7. The van der Waals surface area contributed by atoms with E-state index in [1.807, 2.05) is 43.3 Å². The van der Waals surface area contributed by atoms with Crippen molar-refractivity contribution in [2.75, 3.05) is 6.54 Å². The van der Waals surface area contributed by atoms with Crippen LogP contribution >= 0.6 is 11.6 Å². The van der Waals surface area contributed by atoms with E-state index in [9.17, 15) is 4.79 Å². The van der Waals surface area contributed by atoms with E-state index in [4.69, 9.17) is 21.1 Å². The Hall–Kier alpha value is -3.48. The van der Waals surface area contributed by atoms with E-state index in [1.165, 1.54) is 0 Å². The number of aliphatic carboxylic acids is 1. The molecule has 3 aromatic carbocycles. The van der Waals surface area contributed by atoms with Crippen LogP contribution in [0.5, 0.6) is 0 Å². The summed E-state index contributed by atoms with van der Waals surface area (Å²) in [6.07, 6.45) is 0. The van der Waals surface area contributed by atoms with Crippen LogP contribution in [-0.2, 0) is 11.3 Å². The first-order valence-electron chi connectivity index (χ1n) is 9.72. The van der Waals surface area contributed by atoms with Crippen molar-refractivity contribution in [2.24, 2.45) is 0 Å². The summed E-state index contributed by atoms with van der Waals surface area (Å²) >= 11 is 6.25. The predicted octanol–water partition coefficient (Wildman–Crippen LogP) is 5.21. The Bertz CT molecular complexity index is 1220. The second-order valence-corrected chi connectivity index (χ2v) is 7.54. The van der Waals surface area contributed by atoms with Gasteiger partial charge in [0.05, 0.1) is 6.54 Å². The highest BCUT2D eigenvalue weighted by Gasteiger charge is 2.15. The molecule has 0 fully saturated rings. The molecule has 0 amide bonds. The van der Waals surface area contributed by atoms with E-state index in [-0.39, 0.29) is 6.54 Å². The van der Waals surface area contributed by atoms with Gasteiger partial charge in [-0.3, -0.25) is 4.79 Å². The smallest absolute Gasteiger partial charge is 0.317 e. The number of hydrogen-bond acceptors (Lipinski definition) is 5. The van der Waals surface area contributed by atoms with Crippen molar-refractivity contribution in [3.05, 3.63) is 82.9 Å². The van der Waals surface area contributed by atoms with E-state index in [0.717, 1.165) is 27.8 Å². The highest BCUT2D eigenvalue weighted by molar-refractivity contribution is 6.30. The fourth-order valence-electron chi connectivity index (χ4n) is 3.44. The van der Waals surface area contributed by atoms with Gasteiger partial charge in [0, 0.05) is 22.7 Å². The fourth-order valence-corrected chi connectivity index (χ4v) is 3.69. The van der Waals surface area contributed by atoms with Crippen LogP contribution in [0, 0.1) is 6.92 Å². The molecule has 6 nitrogen and oxygen atoms in total. The molecule has 0 aliphatic carbocycles. The normalized spacial score (nSPS) is 10.9. The van der Waals surface area contributed by atoms with Crippen molar-refractivity contribution in [3.8, 4) is 34.0 Å². The van der Waals surface area contributed by atoms with E-state index < -0.39 is 5.97 Å². The molecule has 1 heterocycles. The van der Waals surface area contributed by atoms with Crippen molar-refractivity contribution in [1.82, 2.24) is 15.5 Å². The van der Waals surface area contributed by atoms with Gasteiger partial charge in [-0.05, 0) is 53.4 Å². The number of carboxylic acids is 1. The Balaban J connectivity index is 1.64. The zero-order chi connectivity index (χ0) is 21.8. The summed E-state index contributed by atoms with van der Waals surface area (Å²) in [5.41, 5.74) is 5.64. The maximum atomic E-state index is 10.7. The summed E-state index contributed by atoms with van der Waals surface area (Å²) in [5, 5.41) is 20.6. The molecule has 7 heteroatoms. The maximum Gasteiger partial charge on any atom is 0.317 e. The Morgan fingerprint density at radius 1 is 0.968 bits per heavy atom. The summed E-state index contributed by atoms with van der Waals surface area (Å²) in [6, 6.07) is 21.5. The molecule has 2 N–H and O–H groups in total. The lowest BCUT2D eigenvalue weighted by molar-refractivity contribution is -0.135. The number of nitrogens with one attached hydrogen (secondary N) is 1. The van der Waals surface area contributed by atoms with E-state index in [0.29, 0.717) is 28.9 Å². The van der Waals surface area contributed by atoms with Crippen molar-refractivity contribution in [3.63, 3.8) is 0 Å². The van der Waals surface area contributed by atoms with Crippen LogP contribution in [0.1, 0.15) is 11.1 Å². The molecule has 0 bridgehead atoms. The third kappa shape index (κ3) is 4.82. The fraction of sp³-hybridized carbons (Fsp3) is 0.125. The number of rotatable bonds is 7. The quantitative estimate of drug-likeness (QED) is 0.416. The lowest BCUT2D eigenvalue weighted by Gasteiger charge is -2.09. The van der Waals surface area contributed by atoms with Gasteiger partial charge in [-0.15, -0.1) is 10.2 Å². The standard InChI is InChI=1S/C24H20ClN3O3/c1-15-20(17-6-3-2-4-7-17)8-5-9-21(15)24-28-27-23(31-24)18-10-16(11-19(25)12-18)13-26-14-22(29)30/h2-12,26H,13-14H2,1H3,(H,29,30). The molecule has 0 aliphatic heterocycles. The molecule has 4 rings (SSSR count). The molecule has 4 aromatic rings. The predicted molar refractivity (Wildman–Crippen MR) is 120 cm³/mol. The topological polar surface area (TPSA) is 88.2 Å². The summed E-state index contributed by atoms with van der Waals surface area (Å²) in [6.45, 7) is 2.26. The minimum Gasteiger partial charge on any atom is -0.480 e. The van der Waals surface area contributed by atoms with Crippen LogP contribution in [0.2, 0.25) is 5.02 Å². The van der Waals surface area contributed by atoms with Crippen LogP contribution in [-0.4, -0.2) is 27.8 Å². The van der Waals surface area contributed by atoms with E-state index >= 15 is 0 Å². The van der Waals surface area contributed by atoms with Crippen LogP contribution in [0.15, 0.2) is 71.1 Å². The van der Waals surface area contributed by atoms with Crippen molar-refractivity contribution < 1.29 is 14.3 Å². The van der Waals surface area contributed by atoms with Gasteiger partial charge in [0.2, 0.25) is 11.8 Å². The van der Waals surface area contributed by atoms with Crippen LogP contribution < -0.4 is 5.32 Å². The molecule has 1 aromatic heterocycles. The summed E-state index contributed by atoms with van der Waals surface area (Å²) in [7, 11) is 0. The molecular formula is C24H20ClN3O3. The molecular weight excluding hydrogens is 414 g/mol. The molecule has 156 valence electrons. The van der Waals surface area contributed by atoms with E-state index in [2.05, 4.69) is 33.7 Å². The van der Waals surface area contributed by atoms with Crippen molar-refractivity contribution in [1.29, 1.82) is 0 Å². The number of benzene rings is 3. The highest BCUT2D eigenvalue weighted by atomic mass is 35.5. The second-order valence-electron chi connectivity index (χ2n) is 7.10. The first-order valence-corrected chi connectivity index (χ1v) is 10.1. The second kappa shape index (κ2) is 9.12. The van der Waals surface area contributed by atoms with Gasteiger partial charge in [0.25, 0.3) is 0 Å². The summed E-state index contributed by atoms with van der Waals surface area (Å²) in [5.74, 6) is -0.144. The van der Waals surface area contributed by atoms with Gasteiger partial charge in [-0.1, -0.05) is 54.1 Å². The molecule has 0 aliphatic rings. The lowest BCUT2D eigenvalue weighted by atomic mass is 9.96. The zero-order valence-corrected chi connectivity index (χ0v) is 17.6. The monoisotopic (exact) mass is 433 g/mol. The van der Waals surface area contributed by atoms with Crippen molar-refractivity contribution in [2.45, 2.75) is 13.5 Å². The SMILES string of the molecule is Cc1c(-c2ccccc2)cccc1-c1nnc(-c2cc(Cl)cc(CNCC(=O)O)c2)o1. The Kier molecular flexibility index (Phi) is 6.11. The van der Waals surface area contributed by atoms with Crippen molar-refractivity contribution >= 4 is 17.6 Å². The number of nitrogens with zero attached hydrogens (tertiary/aromatic N) is 2. The van der Waals surface area contributed by atoms with Gasteiger partial charge < -0.3 is 14.8 Å². The first kappa shape index (κ1) is 20.8. The molecule has 0 radical (unpaired) electrons. The van der Waals surface area contributed by atoms with Crippen LogP contribution in [0.25, 0.3) is 34.0 Å². The van der Waals surface area contributed by atoms with Gasteiger partial charge in [0.15, 0.2) is 0 Å². The minimum absolute atomic E-state index is 0.135. The van der Waals surface area contributed by atoms with Gasteiger partial charge >= 0.3 is 5.97 Å². The van der Waals surface area contributed by atoms with Crippen LogP contribution in [0.4, 0.5) is 0 Å². The van der Waals surface area contributed by atoms with E-state index in [1.54, 1.807) is 12.1 Å². The van der Waals surface area contributed by atoms with Gasteiger partial charge in [0.1, 0.15) is 0 Å². The largest absolute Gasteiger partial charge is 0.480 e. The Labute approximate surface area is 184 Å². The molecule has 0 saturated heterocycles. The van der Waals surface area contributed by atoms with Gasteiger partial charge in [-0.25, -0.2) is 0 Å². The molecule has 0 atom stereocenters. The molecule has 0 saturated carbocycles. The minimum atomic E-state index is -0.920. The number of carboxylic acid groups (broad SMARTS) is 1. The Morgan fingerprint density at radius 3 is 2.48 bits per heavy atom. The van der Waals surface area contributed by atoms with Gasteiger partial charge in [-0.2, -0.15) is 0 Å². The molecule has 0 unspecified atom stereocenters. The third-order valence-electron chi connectivity index (χ3n) is 4.88. The summed E-state index contributed by atoms with van der Waals surface area (Å²) < 4.78 is 5.98. The Morgan fingerprint density at radius 2 is 1.71 bits per heavy atom. The number of aromatic nitrogens is 2. The average Bonchev–Trinajstić information content (AvgIpc) is 3.24. The maximum absolute atomic E-state index is 10.7. The number of halogens is 1.